The third kappa shape index (κ3) is 3.96. The number of ketones is 1. The fraction of sp³-hybridized carbons (Fsp3) is 0.200. The Balaban J connectivity index is 1.86. The number of Topliss-reactive ketones (excluding diaryl/α,β-unsaturated/α-hetero) is 1. The van der Waals surface area contributed by atoms with Gasteiger partial charge in [0.1, 0.15) is 24.7 Å². The molecule has 2 aromatic rings. The summed E-state index contributed by atoms with van der Waals surface area (Å²) in [7, 11) is 0. The van der Waals surface area contributed by atoms with Gasteiger partial charge in [0.25, 0.3) is 0 Å². The number of benzene rings is 1. The number of carbonyl (C=O) groups is 1. The van der Waals surface area contributed by atoms with Gasteiger partial charge in [0.05, 0.1) is 16.8 Å². The van der Waals surface area contributed by atoms with E-state index >= 15 is 0 Å². The van der Waals surface area contributed by atoms with Gasteiger partial charge < -0.3 is 9.47 Å². The minimum Gasteiger partial charge on any atom is -0.489 e. The Morgan fingerprint density at radius 3 is 2.70 bits per heavy atom. The van der Waals surface area contributed by atoms with E-state index < -0.39 is 0 Å². The van der Waals surface area contributed by atoms with E-state index in [1.165, 1.54) is 13.1 Å². The fourth-order valence-corrected chi connectivity index (χ4v) is 1.83. The van der Waals surface area contributed by atoms with Crippen LogP contribution < -0.4 is 9.47 Å². The molecule has 0 N–H and O–H groups in total. The second kappa shape index (κ2) is 6.91. The van der Waals surface area contributed by atoms with Gasteiger partial charge in [-0.1, -0.05) is 23.7 Å². The van der Waals surface area contributed by atoms with Gasteiger partial charge >= 0.3 is 0 Å². The van der Waals surface area contributed by atoms with Crippen molar-refractivity contribution in [2.45, 2.75) is 6.92 Å². The van der Waals surface area contributed by atoms with Gasteiger partial charge in [-0.05, 0) is 19.1 Å². The Kier molecular flexibility index (Phi) is 4.96. The van der Waals surface area contributed by atoms with Crippen molar-refractivity contribution in [1.82, 2.24) is 4.98 Å². The van der Waals surface area contributed by atoms with Crippen molar-refractivity contribution in [3.05, 3.63) is 53.3 Å². The lowest BCUT2D eigenvalue weighted by Gasteiger charge is -2.10. The van der Waals surface area contributed by atoms with Crippen LogP contribution in [0.5, 0.6) is 11.5 Å². The fourth-order valence-electron chi connectivity index (χ4n) is 1.67. The zero-order valence-corrected chi connectivity index (χ0v) is 11.8. The smallest absolute Gasteiger partial charge is 0.163 e. The predicted octanol–water partition coefficient (Wildman–Crippen LogP) is 3.40. The molecular weight excluding hydrogens is 278 g/mol. The average molecular weight is 292 g/mol. The van der Waals surface area contributed by atoms with Crippen LogP contribution in [0.2, 0.25) is 5.02 Å². The van der Waals surface area contributed by atoms with Crippen LogP contribution in [0.15, 0.2) is 42.7 Å². The molecule has 5 heteroatoms. The summed E-state index contributed by atoms with van der Waals surface area (Å²) < 4.78 is 11.0. The summed E-state index contributed by atoms with van der Waals surface area (Å²) in [6.45, 7) is 2.18. The average Bonchev–Trinajstić information content (AvgIpc) is 2.44. The Morgan fingerprint density at radius 1 is 1.20 bits per heavy atom. The lowest BCUT2D eigenvalue weighted by Crippen LogP contribution is -2.10. The molecular formula is C15H14ClNO3. The number of hydrogen-bond acceptors (Lipinski definition) is 4. The molecule has 0 saturated carbocycles. The van der Waals surface area contributed by atoms with Crippen LogP contribution in [0.1, 0.15) is 17.3 Å². The maximum absolute atomic E-state index is 11.4. The molecule has 0 aliphatic carbocycles. The molecule has 4 nitrogen and oxygen atoms in total. The van der Waals surface area contributed by atoms with Gasteiger partial charge in [-0.2, -0.15) is 0 Å². The molecule has 0 atom stereocenters. The van der Waals surface area contributed by atoms with Gasteiger partial charge in [0, 0.05) is 12.3 Å². The molecule has 0 saturated heterocycles. The zero-order valence-electron chi connectivity index (χ0n) is 11.0. The normalized spacial score (nSPS) is 10.1. The zero-order chi connectivity index (χ0) is 14.4. The Morgan fingerprint density at radius 2 is 1.95 bits per heavy atom. The second-order valence-corrected chi connectivity index (χ2v) is 4.52. The first-order chi connectivity index (χ1) is 9.66. The largest absolute Gasteiger partial charge is 0.489 e. The maximum Gasteiger partial charge on any atom is 0.163 e. The van der Waals surface area contributed by atoms with Gasteiger partial charge in [0.15, 0.2) is 5.78 Å². The van der Waals surface area contributed by atoms with E-state index in [9.17, 15) is 4.79 Å². The third-order valence-electron chi connectivity index (χ3n) is 2.56. The highest BCUT2D eigenvalue weighted by Gasteiger charge is 2.07. The molecule has 0 unspecified atom stereocenters. The number of rotatable bonds is 6. The first-order valence-electron chi connectivity index (χ1n) is 6.13. The summed E-state index contributed by atoms with van der Waals surface area (Å²) in [4.78, 5) is 15.3. The molecule has 0 aliphatic rings. The summed E-state index contributed by atoms with van der Waals surface area (Å²) in [5.74, 6) is 1.12. The van der Waals surface area contributed by atoms with Crippen LogP contribution in [0.25, 0.3) is 0 Å². The van der Waals surface area contributed by atoms with E-state index in [1.807, 2.05) is 6.07 Å². The van der Waals surface area contributed by atoms with Crippen molar-refractivity contribution in [1.29, 1.82) is 0 Å². The second-order valence-electron chi connectivity index (χ2n) is 4.09. The number of aromatic nitrogens is 1. The number of nitrogens with zero attached hydrogens (tertiary/aromatic N) is 1. The highest BCUT2D eigenvalue weighted by molar-refractivity contribution is 6.30. The number of carbonyl (C=O) groups excluding carboxylic acids is 1. The molecule has 0 aliphatic heterocycles. The number of pyridine rings is 1. The SMILES string of the molecule is CC(=O)c1ccccc1OCCOc1cncc(Cl)c1. The van der Waals surface area contributed by atoms with Crippen molar-refractivity contribution >= 4 is 17.4 Å². The first kappa shape index (κ1) is 14.3. The molecule has 0 radical (unpaired) electrons. The first-order valence-corrected chi connectivity index (χ1v) is 6.51. The lowest BCUT2D eigenvalue weighted by atomic mass is 10.1. The van der Waals surface area contributed by atoms with Crippen LogP contribution >= 0.6 is 11.6 Å². The number of hydrogen-bond donors (Lipinski definition) is 0. The highest BCUT2D eigenvalue weighted by Crippen LogP contribution is 2.18. The van der Waals surface area contributed by atoms with E-state index in [-0.39, 0.29) is 5.78 Å². The quantitative estimate of drug-likeness (QED) is 0.604. The van der Waals surface area contributed by atoms with Crippen LogP contribution in [0.3, 0.4) is 0 Å². The molecule has 0 amide bonds. The topological polar surface area (TPSA) is 48.4 Å². The molecule has 2 rings (SSSR count). The van der Waals surface area contributed by atoms with Crippen molar-refractivity contribution in [2.75, 3.05) is 13.2 Å². The minimum atomic E-state index is -0.0273. The third-order valence-corrected chi connectivity index (χ3v) is 2.76. The van der Waals surface area contributed by atoms with Crippen LogP contribution in [0, 0.1) is 0 Å². The molecule has 104 valence electrons. The molecule has 0 spiro atoms. The predicted molar refractivity (Wildman–Crippen MR) is 76.7 cm³/mol. The monoisotopic (exact) mass is 291 g/mol. The summed E-state index contributed by atoms with van der Waals surface area (Å²) >= 11 is 5.80. The van der Waals surface area contributed by atoms with Crippen LogP contribution in [0.4, 0.5) is 0 Å². The van der Waals surface area contributed by atoms with Crippen molar-refractivity contribution in [2.24, 2.45) is 0 Å². The summed E-state index contributed by atoms with van der Waals surface area (Å²) in [6, 6.07) is 8.80. The molecule has 1 heterocycles. The van der Waals surface area contributed by atoms with Crippen molar-refractivity contribution in [3.8, 4) is 11.5 Å². The Bertz CT molecular complexity index is 601. The lowest BCUT2D eigenvalue weighted by molar-refractivity contribution is 0.101. The Hall–Kier alpha value is -2.07. The molecule has 0 bridgehead atoms. The van der Waals surface area contributed by atoms with Gasteiger partial charge in [-0.25, -0.2) is 0 Å². The van der Waals surface area contributed by atoms with Gasteiger partial charge in [-0.15, -0.1) is 0 Å². The number of para-hydroxylation sites is 1. The number of ether oxygens (including phenoxy) is 2. The molecule has 1 aromatic carbocycles. The van der Waals surface area contributed by atoms with E-state index in [2.05, 4.69) is 4.98 Å². The molecule has 0 fully saturated rings. The highest BCUT2D eigenvalue weighted by atomic mass is 35.5. The minimum absolute atomic E-state index is 0.0273. The van der Waals surface area contributed by atoms with E-state index in [4.69, 9.17) is 21.1 Å². The molecule has 1 aromatic heterocycles. The van der Waals surface area contributed by atoms with E-state index in [0.29, 0.717) is 35.3 Å². The standard InChI is InChI=1S/C15H14ClNO3/c1-11(18)14-4-2-3-5-15(14)20-7-6-19-13-8-12(16)9-17-10-13/h2-5,8-10H,6-7H2,1H3. The summed E-state index contributed by atoms with van der Waals surface area (Å²) in [5, 5.41) is 0.519. The van der Waals surface area contributed by atoms with E-state index in [1.54, 1.807) is 30.5 Å². The van der Waals surface area contributed by atoms with Gasteiger partial charge in [0.2, 0.25) is 0 Å². The molecule has 20 heavy (non-hydrogen) atoms. The Labute approximate surface area is 122 Å². The van der Waals surface area contributed by atoms with Crippen LogP contribution in [-0.4, -0.2) is 24.0 Å². The summed E-state index contributed by atoms with van der Waals surface area (Å²) in [6.07, 6.45) is 3.11. The van der Waals surface area contributed by atoms with Crippen molar-refractivity contribution in [3.63, 3.8) is 0 Å². The van der Waals surface area contributed by atoms with Crippen molar-refractivity contribution < 1.29 is 14.3 Å². The van der Waals surface area contributed by atoms with Crippen LogP contribution in [-0.2, 0) is 0 Å². The number of halogens is 1. The van der Waals surface area contributed by atoms with E-state index in [0.717, 1.165) is 0 Å². The summed E-state index contributed by atoms with van der Waals surface area (Å²) in [5.41, 5.74) is 0.567. The maximum atomic E-state index is 11.4. The van der Waals surface area contributed by atoms with Gasteiger partial charge in [-0.3, -0.25) is 9.78 Å².